The molecule has 3 aromatic rings. The maximum Gasteiger partial charge on any atom is 0.288 e. The molecule has 0 saturated heterocycles. The zero-order valence-corrected chi connectivity index (χ0v) is 14.3. The van der Waals surface area contributed by atoms with E-state index in [-0.39, 0.29) is 11.8 Å². The van der Waals surface area contributed by atoms with E-state index in [1.165, 1.54) is 0 Å². The number of H-pyrrole nitrogens is 1. The van der Waals surface area contributed by atoms with E-state index >= 15 is 0 Å². The summed E-state index contributed by atoms with van der Waals surface area (Å²) in [7, 11) is 0. The number of aromatic amines is 1. The Bertz CT molecular complexity index is 895. The molecular formula is C19H18ClN3O. The molecule has 4 nitrogen and oxygen atoms in total. The maximum atomic E-state index is 12.5. The first-order chi connectivity index (χ1) is 11.6. The summed E-state index contributed by atoms with van der Waals surface area (Å²) in [5.74, 6) is -0.0257. The van der Waals surface area contributed by atoms with Crippen LogP contribution in [0.1, 0.15) is 41.4 Å². The number of amides is 1. The lowest BCUT2D eigenvalue weighted by Gasteiger charge is -2.07. The summed E-state index contributed by atoms with van der Waals surface area (Å²) >= 11 is 5.84. The summed E-state index contributed by atoms with van der Waals surface area (Å²) in [6.07, 6.45) is 1.59. The van der Waals surface area contributed by atoms with Gasteiger partial charge in [-0.05, 0) is 35.2 Å². The largest absolute Gasteiger partial charge is 0.350 e. The molecule has 3 rings (SSSR count). The van der Waals surface area contributed by atoms with E-state index in [0.717, 1.165) is 22.0 Å². The van der Waals surface area contributed by atoms with E-state index in [2.05, 4.69) is 29.4 Å². The number of nitrogens with one attached hydrogen (secondary N) is 2. The highest BCUT2D eigenvalue weighted by Gasteiger charge is 2.19. The van der Waals surface area contributed by atoms with Gasteiger partial charge in [0.2, 0.25) is 0 Å². The molecule has 0 unspecified atom stereocenters. The van der Waals surface area contributed by atoms with Crippen molar-refractivity contribution in [2.75, 3.05) is 0 Å². The van der Waals surface area contributed by atoms with Gasteiger partial charge in [-0.1, -0.05) is 55.8 Å². The Balaban J connectivity index is 1.83. The van der Waals surface area contributed by atoms with E-state index in [9.17, 15) is 4.79 Å². The first-order valence-corrected chi connectivity index (χ1v) is 8.13. The monoisotopic (exact) mass is 339 g/mol. The average molecular weight is 340 g/mol. The minimum absolute atomic E-state index is 0.224. The number of hydrogen-bond acceptors (Lipinski definition) is 2. The molecule has 0 aliphatic heterocycles. The van der Waals surface area contributed by atoms with Crippen LogP contribution in [0.4, 0.5) is 0 Å². The van der Waals surface area contributed by atoms with Gasteiger partial charge in [0.05, 0.1) is 6.21 Å². The lowest BCUT2D eigenvalue weighted by atomic mass is 9.99. The van der Waals surface area contributed by atoms with Crippen LogP contribution in [0.5, 0.6) is 0 Å². The molecule has 0 radical (unpaired) electrons. The predicted octanol–water partition coefficient (Wildman–Crippen LogP) is 4.71. The molecule has 0 aliphatic rings. The lowest BCUT2D eigenvalue weighted by Crippen LogP contribution is -2.19. The third-order valence-electron chi connectivity index (χ3n) is 3.80. The quantitative estimate of drug-likeness (QED) is 0.525. The van der Waals surface area contributed by atoms with Crippen LogP contribution in [0.3, 0.4) is 0 Å². The Morgan fingerprint density at radius 3 is 2.58 bits per heavy atom. The molecule has 122 valence electrons. The topological polar surface area (TPSA) is 57.2 Å². The minimum Gasteiger partial charge on any atom is -0.350 e. The van der Waals surface area contributed by atoms with Crippen LogP contribution < -0.4 is 5.43 Å². The number of hydrogen-bond donors (Lipinski definition) is 2. The second-order valence-electron chi connectivity index (χ2n) is 5.86. The Kier molecular flexibility index (Phi) is 4.67. The fourth-order valence-corrected chi connectivity index (χ4v) is 2.84. The molecule has 2 aromatic carbocycles. The number of halogens is 1. The molecule has 0 bridgehead atoms. The summed E-state index contributed by atoms with van der Waals surface area (Å²) in [6, 6.07) is 15.1. The van der Waals surface area contributed by atoms with Gasteiger partial charge in [-0.2, -0.15) is 5.10 Å². The third kappa shape index (κ3) is 3.34. The second-order valence-corrected chi connectivity index (χ2v) is 6.30. The van der Waals surface area contributed by atoms with Crippen molar-refractivity contribution in [3.63, 3.8) is 0 Å². The molecule has 0 aliphatic carbocycles. The summed E-state index contributed by atoms with van der Waals surface area (Å²) in [5.41, 5.74) is 5.96. The molecule has 2 N–H and O–H groups in total. The van der Waals surface area contributed by atoms with Gasteiger partial charge in [0.1, 0.15) is 5.69 Å². The van der Waals surface area contributed by atoms with Crippen molar-refractivity contribution < 1.29 is 4.79 Å². The number of rotatable bonds is 4. The number of carbonyl (C=O) groups is 1. The Morgan fingerprint density at radius 1 is 1.17 bits per heavy atom. The van der Waals surface area contributed by atoms with Crippen LogP contribution in [-0.4, -0.2) is 17.1 Å². The van der Waals surface area contributed by atoms with Gasteiger partial charge in [0.15, 0.2) is 0 Å². The van der Waals surface area contributed by atoms with Crippen LogP contribution in [0.25, 0.3) is 10.9 Å². The van der Waals surface area contributed by atoms with Crippen molar-refractivity contribution in [3.05, 3.63) is 70.4 Å². The molecule has 0 fully saturated rings. The predicted molar refractivity (Wildman–Crippen MR) is 98.9 cm³/mol. The van der Waals surface area contributed by atoms with Crippen LogP contribution in [0.2, 0.25) is 5.02 Å². The van der Waals surface area contributed by atoms with Crippen LogP contribution in [0, 0.1) is 0 Å². The van der Waals surface area contributed by atoms with Crippen molar-refractivity contribution in [1.29, 1.82) is 0 Å². The van der Waals surface area contributed by atoms with E-state index in [4.69, 9.17) is 11.6 Å². The van der Waals surface area contributed by atoms with E-state index in [1.54, 1.807) is 18.3 Å². The lowest BCUT2D eigenvalue weighted by molar-refractivity contribution is 0.0949. The molecule has 1 heterocycles. The van der Waals surface area contributed by atoms with Crippen molar-refractivity contribution >= 4 is 34.6 Å². The van der Waals surface area contributed by atoms with Gasteiger partial charge in [0.25, 0.3) is 5.91 Å². The van der Waals surface area contributed by atoms with Crippen LogP contribution in [-0.2, 0) is 0 Å². The van der Waals surface area contributed by atoms with E-state index < -0.39 is 0 Å². The summed E-state index contributed by atoms with van der Waals surface area (Å²) in [4.78, 5) is 15.7. The van der Waals surface area contributed by atoms with Crippen molar-refractivity contribution in [1.82, 2.24) is 10.4 Å². The summed E-state index contributed by atoms with van der Waals surface area (Å²) in [5, 5.41) is 5.76. The van der Waals surface area contributed by atoms with Crippen molar-refractivity contribution in [2.24, 2.45) is 5.10 Å². The highest BCUT2D eigenvalue weighted by molar-refractivity contribution is 6.30. The van der Waals surface area contributed by atoms with Gasteiger partial charge in [0, 0.05) is 15.9 Å². The van der Waals surface area contributed by atoms with Gasteiger partial charge in [-0.25, -0.2) is 5.43 Å². The van der Waals surface area contributed by atoms with Crippen molar-refractivity contribution in [3.8, 4) is 0 Å². The second kappa shape index (κ2) is 6.89. The molecule has 0 spiro atoms. The zero-order chi connectivity index (χ0) is 17.1. The fraction of sp³-hybridized carbons (Fsp3) is 0.158. The number of carbonyl (C=O) groups excluding carboxylic acids is 1. The molecule has 1 aromatic heterocycles. The Morgan fingerprint density at radius 2 is 1.88 bits per heavy atom. The van der Waals surface area contributed by atoms with Crippen molar-refractivity contribution in [2.45, 2.75) is 19.8 Å². The summed E-state index contributed by atoms with van der Waals surface area (Å²) in [6.45, 7) is 4.15. The van der Waals surface area contributed by atoms with Gasteiger partial charge < -0.3 is 4.98 Å². The molecule has 5 heteroatoms. The molecule has 0 atom stereocenters. The highest BCUT2D eigenvalue weighted by Crippen LogP contribution is 2.28. The summed E-state index contributed by atoms with van der Waals surface area (Å²) < 4.78 is 0. The van der Waals surface area contributed by atoms with Gasteiger partial charge >= 0.3 is 0 Å². The highest BCUT2D eigenvalue weighted by atomic mass is 35.5. The number of para-hydroxylation sites is 1. The first kappa shape index (κ1) is 16.3. The van der Waals surface area contributed by atoms with Gasteiger partial charge in [-0.3, -0.25) is 4.79 Å². The number of aromatic nitrogens is 1. The number of benzene rings is 2. The maximum absolute atomic E-state index is 12.5. The van der Waals surface area contributed by atoms with Crippen LogP contribution >= 0.6 is 11.6 Å². The average Bonchev–Trinajstić information content (AvgIpc) is 2.96. The SMILES string of the molecule is CC(C)c1c(C(=O)N/N=C\c2ccc(Cl)cc2)[nH]c2ccccc12. The molecule has 1 amide bonds. The molecular weight excluding hydrogens is 322 g/mol. The van der Waals surface area contributed by atoms with Gasteiger partial charge in [-0.15, -0.1) is 0 Å². The fourth-order valence-electron chi connectivity index (χ4n) is 2.71. The Hall–Kier alpha value is -2.59. The first-order valence-electron chi connectivity index (χ1n) is 7.76. The number of fused-ring (bicyclic) bond motifs is 1. The van der Waals surface area contributed by atoms with E-state index in [1.807, 2.05) is 36.4 Å². The van der Waals surface area contributed by atoms with Crippen LogP contribution in [0.15, 0.2) is 53.6 Å². The number of hydrazone groups is 1. The smallest absolute Gasteiger partial charge is 0.288 e. The number of nitrogens with zero attached hydrogens (tertiary/aromatic N) is 1. The molecule has 24 heavy (non-hydrogen) atoms. The third-order valence-corrected chi connectivity index (χ3v) is 4.05. The molecule has 0 saturated carbocycles. The standard InChI is InChI=1S/C19H18ClN3O/c1-12(2)17-15-5-3-4-6-16(15)22-18(17)19(24)23-21-11-13-7-9-14(20)10-8-13/h3-12,22H,1-2H3,(H,23,24)/b21-11-. The normalized spacial score (nSPS) is 11.5. The van der Waals surface area contributed by atoms with E-state index in [0.29, 0.717) is 10.7 Å². The zero-order valence-electron chi connectivity index (χ0n) is 13.5. The minimum atomic E-state index is -0.250. The Labute approximate surface area is 145 Å².